The molecule has 0 heterocycles. The van der Waals surface area contributed by atoms with Crippen molar-refractivity contribution in [2.24, 2.45) is 5.92 Å². The highest BCUT2D eigenvalue weighted by molar-refractivity contribution is 5.68. The van der Waals surface area contributed by atoms with Crippen molar-refractivity contribution < 1.29 is 9.53 Å². The Hall–Kier alpha value is -1.24. The lowest BCUT2D eigenvalue weighted by molar-refractivity contribution is 0.0491. The van der Waals surface area contributed by atoms with Gasteiger partial charge < -0.3 is 10.1 Å². The van der Waals surface area contributed by atoms with Crippen molar-refractivity contribution >= 4 is 6.09 Å². The summed E-state index contributed by atoms with van der Waals surface area (Å²) < 4.78 is 5.21. The summed E-state index contributed by atoms with van der Waals surface area (Å²) in [4.78, 5) is 11.7. The molecule has 2 unspecified atom stereocenters. The van der Waals surface area contributed by atoms with E-state index in [2.05, 4.69) is 11.4 Å². The SMILES string of the molecule is CC(C)(C)OC(=O)NC1CCCCCC1C#N. The maximum Gasteiger partial charge on any atom is 0.407 e. The molecule has 0 aromatic carbocycles. The first-order valence-corrected chi connectivity index (χ1v) is 6.31. The van der Waals surface area contributed by atoms with Crippen LogP contribution < -0.4 is 5.32 Å². The Bertz CT molecular complexity index is 302. The molecule has 1 fully saturated rings. The number of nitrogens with zero attached hydrogens (tertiary/aromatic N) is 1. The van der Waals surface area contributed by atoms with Crippen molar-refractivity contribution in [1.82, 2.24) is 5.32 Å². The lowest BCUT2D eigenvalue weighted by atomic mass is 9.96. The van der Waals surface area contributed by atoms with Crippen molar-refractivity contribution in [3.8, 4) is 6.07 Å². The normalized spacial score (nSPS) is 25.5. The zero-order chi connectivity index (χ0) is 12.9. The van der Waals surface area contributed by atoms with Crippen LogP contribution in [0.4, 0.5) is 4.79 Å². The number of hydrogen-bond acceptors (Lipinski definition) is 3. The number of nitrogens with one attached hydrogen (secondary N) is 1. The van der Waals surface area contributed by atoms with E-state index in [0.717, 1.165) is 32.1 Å². The molecule has 1 aliphatic rings. The molecule has 1 aliphatic carbocycles. The second-order valence-corrected chi connectivity index (χ2v) is 5.63. The van der Waals surface area contributed by atoms with Gasteiger partial charge in [0.25, 0.3) is 0 Å². The quantitative estimate of drug-likeness (QED) is 0.714. The van der Waals surface area contributed by atoms with Gasteiger partial charge >= 0.3 is 6.09 Å². The Morgan fingerprint density at radius 2 is 1.94 bits per heavy atom. The predicted molar refractivity (Wildman–Crippen MR) is 65.3 cm³/mol. The first-order chi connectivity index (χ1) is 7.92. The topological polar surface area (TPSA) is 62.1 Å². The summed E-state index contributed by atoms with van der Waals surface area (Å²) >= 11 is 0. The number of carbonyl (C=O) groups excluding carboxylic acids is 1. The van der Waals surface area contributed by atoms with Gasteiger partial charge in [0, 0.05) is 6.04 Å². The second kappa shape index (κ2) is 5.90. The molecule has 0 radical (unpaired) electrons. The summed E-state index contributed by atoms with van der Waals surface area (Å²) in [5.41, 5.74) is -0.489. The molecule has 4 nitrogen and oxygen atoms in total. The van der Waals surface area contributed by atoms with Crippen LogP contribution in [-0.2, 0) is 4.74 Å². The molecule has 0 saturated heterocycles. The van der Waals surface area contributed by atoms with Gasteiger partial charge in [-0.05, 0) is 33.6 Å². The van der Waals surface area contributed by atoms with Gasteiger partial charge in [0.2, 0.25) is 0 Å². The van der Waals surface area contributed by atoms with Crippen LogP contribution in [0.25, 0.3) is 0 Å². The van der Waals surface area contributed by atoms with E-state index in [9.17, 15) is 4.79 Å². The Morgan fingerprint density at radius 1 is 1.29 bits per heavy atom. The summed E-state index contributed by atoms with van der Waals surface area (Å²) in [5, 5.41) is 11.9. The van der Waals surface area contributed by atoms with Gasteiger partial charge in [0.15, 0.2) is 0 Å². The molecule has 0 bridgehead atoms. The lowest BCUT2D eigenvalue weighted by Crippen LogP contribution is -2.42. The second-order valence-electron chi connectivity index (χ2n) is 5.63. The zero-order valence-corrected chi connectivity index (χ0v) is 11.0. The highest BCUT2D eigenvalue weighted by Gasteiger charge is 2.26. The van der Waals surface area contributed by atoms with Crippen LogP contribution in [0.2, 0.25) is 0 Å². The van der Waals surface area contributed by atoms with E-state index in [1.807, 2.05) is 20.8 Å². The number of ether oxygens (including phenoxy) is 1. The average molecular weight is 238 g/mol. The maximum atomic E-state index is 11.7. The van der Waals surface area contributed by atoms with Crippen LogP contribution in [0.1, 0.15) is 52.9 Å². The van der Waals surface area contributed by atoms with E-state index in [1.165, 1.54) is 0 Å². The van der Waals surface area contributed by atoms with E-state index in [4.69, 9.17) is 10.00 Å². The van der Waals surface area contributed by atoms with Gasteiger partial charge in [-0.1, -0.05) is 19.3 Å². The van der Waals surface area contributed by atoms with Crippen molar-refractivity contribution in [2.45, 2.75) is 64.5 Å². The average Bonchev–Trinajstić information content (AvgIpc) is 2.39. The smallest absolute Gasteiger partial charge is 0.407 e. The molecule has 1 saturated carbocycles. The Balaban J connectivity index is 2.53. The fraction of sp³-hybridized carbons (Fsp3) is 0.846. The molecule has 17 heavy (non-hydrogen) atoms. The molecule has 96 valence electrons. The van der Waals surface area contributed by atoms with Gasteiger partial charge in [-0.3, -0.25) is 0 Å². The lowest BCUT2D eigenvalue weighted by Gasteiger charge is -2.24. The highest BCUT2D eigenvalue weighted by atomic mass is 16.6. The van der Waals surface area contributed by atoms with Gasteiger partial charge in [0.1, 0.15) is 5.60 Å². The van der Waals surface area contributed by atoms with Crippen LogP contribution in [-0.4, -0.2) is 17.7 Å². The third kappa shape index (κ3) is 5.08. The van der Waals surface area contributed by atoms with Crippen molar-refractivity contribution in [3.05, 3.63) is 0 Å². The molecule has 4 heteroatoms. The maximum absolute atomic E-state index is 11.7. The van der Waals surface area contributed by atoms with Gasteiger partial charge in [-0.15, -0.1) is 0 Å². The van der Waals surface area contributed by atoms with Gasteiger partial charge in [0.05, 0.1) is 12.0 Å². The first-order valence-electron chi connectivity index (χ1n) is 6.31. The first kappa shape index (κ1) is 13.8. The number of carbonyl (C=O) groups is 1. The predicted octanol–water partition coefficient (Wildman–Crippen LogP) is 2.98. The summed E-state index contributed by atoms with van der Waals surface area (Å²) in [7, 11) is 0. The van der Waals surface area contributed by atoms with Crippen molar-refractivity contribution in [1.29, 1.82) is 5.26 Å². The molecule has 1 N–H and O–H groups in total. The van der Waals surface area contributed by atoms with Crippen molar-refractivity contribution in [3.63, 3.8) is 0 Å². The van der Waals surface area contributed by atoms with Crippen molar-refractivity contribution in [2.75, 3.05) is 0 Å². The molecule has 1 amide bonds. The van der Waals surface area contributed by atoms with E-state index in [1.54, 1.807) is 0 Å². The Morgan fingerprint density at radius 3 is 2.53 bits per heavy atom. The number of alkyl carbamates (subject to hydrolysis) is 1. The third-order valence-electron chi connectivity index (χ3n) is 2.88. The third-order valence-corrected chi connectivity index (χ3v) is 2.88. The number of amides is 1. The van der Waals surface area contributed by atoms with E-state index in [0.29, 0.717) is 0 Å². The van der Waals surface area contributed by atoms with E-state index < -0.39 is 11.7 Å². The summed E-state index contributed by atoms with van der Waals surface area (Å²) in [6, 6.07) is 2.23. The van der Waals surface area contributed by atoms with Gasteiger partial charge in [-0.2, -0.15) is 5.26 Å². The van der Waals surface area contributed by atoms with E-state index in [-0.39, 0.29) is 12.0 Å². The van der Waals surface area contributed by atoms with Crippen LogP contribution in [0.3, 0.4) is 0 Å². The molecule has 0 aromatic heterocycles. The largest absolute Gasteiger partial charge is 0.444 e. The van der Waals surface area contributed by atoms with Crippen LogP contribution in [0.5, 0.6) is 0 Å². The molecule has 1 rings (SSSR count). The molecule has 0 aliphatic heterocycles. The number of nitriles is 1. The molecular formula is C13H22N2O2. The van der Waals surface area contributed by atoms with Crippen LogP contribution in [0, 0.1) is 17.2 Å². The molecular weight excluding hydrogens is 216 g/mol. The van der Waals surface area contributed by atoms with Crippen LogP contribution >= 0.6 is 0 Å². The monoisotopic (exact) mass is 238 g/mol. The standard InChI is InChI=1S/C13H22N2O2/c1-13(2,3)17-12(16)15-11-8-6-4-5-7-10(11)9-14/h10-11H,4-8H2,1-3H3,(H,15,16). The minimum Gasteiger partial charge on any atom is -0.444 e. The minimum absolute atomic E-state index is 0.0580. The summed E-state index contributed by atoms with van der Waals surface area (Å²) in [6.07, 6.45) is 4.62. The molecule has 2 atom stereocenters. The summed E-state index contributed by atoms with van der Waals surface area (Å²) in [5.74, 6) is -0.0787. The fourth-order valence-electron chi connectivity index (χ4n) is 2.09. The zero-order valence-electron chi connectivity index (χ0n) is 11.0. The highest BCUT2D eigenvalue weighted by Crippen LogP contribution is 2.23. The Kier molecular flexibility index (Phi) is 4.80. The minimum atomic E-state index is -0.489. The Labute approximate surface area is 103 Å². The van der Waals surface area contributed by atoms with Crippen LogP contribution in [0.15, 0.2) is 0 Å². The summed E-state index contributed by atoms with van der Waals surface area (Å²) in [6.45, 7) is 5.50. The molecule has 0 aromatic rings. The van der Waals surface area contributed by atoms with E-state index >= 15 is 0 Å². The molecule has 0 spiro atoms. The number of hydrogen-bond donors (Lipinski definition) is 1. The van der Waals surface area contributed by atoms with Gasteiger partial charge in [-0.25, -0.2) is 4.79 Å². The number of rotatable bonds is 1. The fourth-order valence-corrected chi connectivity index (χ4v) is 2.09.